The number of amides is 1. The Balaban J connectivity index is 0.00000256. The van der Waals surface area contributed by atoms with Crippen molar-refractivity contribution in [2.24, 2.45) is 0 Å². The summed E-state index contributed by atoms with van der Waals surface area (Å²) in [6.45, 7) is 0.856. The van der Waals surface area contributed by atoms with Crippen molar-refractivity contribution >= 4 is 41.5 Å². The molecule has 1 aromatic carbocycles. The summed E-state index contributed by atoms with van der Waals surface area (Å²) in [5.74, 6) is 0.0357. The molecule has 0 spiro atoms. The van der Waals surface area contributed by atoms with Gasteiger partial charge in [0.25, 0.3) is 0 Å². The topological polar surface area (TPSA) is 32.3 Å². The molecule has 1 rings (SSSR count). The Morgan fingerprint density at radius 2 is 2.00 bits per heavy atom. The standard InChI is InChI=1S/C11H14Cl2N2O.ClH/c1-14-6-11(16)15(2)7-8-3-4-9(12)10(13)5-8;/h3-5,14H,6-7H2,1-2H3;1H. The van der Waals surface area contributed by atoms with Crippen LogP contribution in [0.15, 0.2) is 18.2 Å². The van der Waals surface area contributed by atoms with Gasteiger partial charge in [0.05, 0.1) is 16.6 Å². The Hall–Kier alpha value is -0.480. The number of hydrogen-bond donors (Lipinski definition) is 1. The second kappa shape index (κ2) is 7.77. The number of nitrogens with zero attached hydrogens (tertiary/aromatic N) is 1. The van der Waals surface area contributed by atoms with E-state index in [0.717, 1.165) is 5.56 Å². The van der Waals surface area contributed by atoms with Crippen LogP contribution in [0.4, 0.5) is 0 Å². The average molecular weight is 298 g/mol. The molecule has 1 N–H and O–H groups in total. The minimum atomic E-state index is 0. The molecule has 3 nitrogen and oxygen atoms in total. The van der Waals surface area contributed by atoms with Crippen molar-refractivity contribution in [3.05, 3.63) is 33.8 Å². The van der Waals surface area contributed by atoms with Crippen LogP contribution in [0.2, 0.25) is 10.0 Å². The molecule has 1 aromatic rings. The fourth-order valence-electron chi connectivity index (χ4n) is 1.29. The van der Waals surface area contributed by atoms with Gasteiger partial charge in [0.1, 0.15) is 0 Å². The molecule has 96 valence electrons. The van der Waals surface area contributed by atoms with Gasteiger partial charge >= 0.3 is 0 Å². The molecule has 0 saturated carbocycles. The molecule has 0 radical (unpaired) electrons. The third-order valence-corrected chi connectivity index (χ3v) is 2.90. The van der Waals surface area contributed by atoms with Crippen molar-refractivity contribution in [1.82, 2.24) is 10.2 Å². The molecule has 0 bridgehead atoms. The van der Waals surface area contributed by atoms with Crippen LogP contribution in [0.5, 0.6) is 0 Å². The summed E-state index contributed by atoms with van der Waals surface area (Å²) in [7, 11) is 3.49. The van der Waals surface area contributed by atoms with Crippen LogP contribution in [0.3, 0.4) is 0 Å². The van der Waals surface area contributed by atoms with E-state index >= 15 is 0 Å². The van der Waals surface area contributed by atoms with E-state index in [0.29, 0.717) is 23.1 Å². The van der Waals surface area contributed by atoms with Gasteiger partial charge in [-0.05, 0) is 24.7 Å². The summed E-state index contributed by atoms with van der Waals surface area (Å²) in [4.78, 5) is 13.1. The summed E-state index contributed by atoms with van der Waals surface area (Å²) >= 11 is 11.7. The second-order valence-corrected chi connectivity index (χ2v) is 4.34. The Labute approximate surface area is 117 Å². The highest BCUT2D eigenvalue weighted by molar-refractivity contribution is 6.42. The van der Waals surface area contributed by atoms with Crippen LogP contribution in [-0.4, -0.2) is 31.4 Å². The minimum absolute atomic E-state index is 0. The first kappa shape index (κ1) is 16.5. The molecule has 17 heavy (non-hydrogen) atoms. The molecule has 0 aliphatic heterocycles. The van der Waals surface area contributed by atoms with Gasteiger partial charge in [-0.25, -0.2) is 0 Å². The highest BCUT2D eigenvalue weighted by Gasteiger charge is 2.08. The SMILES string of the molecule is CNCC(=O)N(C)Cc1ccc(Cl)c(Cl)c1.Cl. The van der Waals surface area contributed by atoms with Crippen LogP contribution >= 0.6 is 35.6 Å². The monoisotopic (exact) mass is 296 g/mol. The van der Waals surface area contributed by atoms with Crippen LogP contribution in [-0.2, 0) is 11.3 Å². The fourth-order valence-corrected chi connectivity index (χ4v) is 1.61. The van der Waals surface area contributed by atoms with Crippen molar-refractivity contribution in [3.63, 3.8) is 0 Å². The number of carbonyl (C=O) groups excluding carboxylic acids is 1. The van der Waals surface area contributed by atoms with E-state index in [2.05, 4.69) is 5.32 Å². The van der Waals surface area contributed by atoms with E-state index in [9.17, 15) is 4.79 Å². The number of carbonyl (C=O) groups is 1. The molecule has 0 aromatic heterocycles. The van der Waals surface area contributed by atoms with E-state index in [1.54, 1.807) is 31.1 Å². The third-order valence-electron chi connectivity index (χ3n) is 2.16. The lowest BCUT2D eigenvalue weighted by atomic mass is 10.2. The first-order valence-corrected chi connectivity index (χ1v) is 5.62. The van der Waals surface area contributed by atoms with Gasteiger partial charge in [-0.1, -0.05) is 29.3 Å². The van der Waals surface area contributed by atoms with Crippen molar-refractivity contribution < 1.29 is 4.79 Å². The summed E-state index contributed by atoms with van der Waals surface area (Å²) in [6, 6.07) is 5.36. The Morgan fingerprint density at radius 1 is 1.35 bits per heavy atom. The second-order valence-electron chi connectivity index (χ2n) is 3.53. The maximum atomic E-state index is 11.5. The maximum absolute atomic E-state index is 11.5. The first-order chi connectivity index (χ1) is 7.54. The third kappa shape index (κ3) is 5.13. The molecule has 6 heteroatoms. The average Bonchev–Trinajstić information content (AvgIpc) is 2.24. The number of rotatable bonds is 4. The fraction of sp³-hybridized carbons (Fsp3) is 0.364. The lowest BCUT2D eigenvalue weighted by Gasteiger charge is -2.17. The highest BCUT2D eigenvalue weighted by Crippen LogP contribution is 2.23. The molecule has 0 atom stereocenters. The molecule has 0 unspecified atom stereocenters. The first-order valence-electron chi connectivity index (χ1n) is 4.87. The van der Waals surface area contributed by atoms with Crippen molar-refractivity contribution in [3.8, 4) is 0 Å². The van der Waals surface area contributed by atoms with Crippen LogP contribution in [0.1, 0.15) is 5.56 Å². The smallest absolute Gasteiger partial charge is 0.236 e. The van der Waals surface area contributed by atoms with Crippen molar-refractivity contribution in [2.75, 3.05) is 20.6 Å². The Morgan fingerprint density at radius 3 is 2.53 bits per heavy atom. The molecular formula is C11H15Cl3N2O. The summed E-state index contributed by atoms with van der Waals surface area (Å²) in [5.41, 5.74) is 0.960. The quantitative estimate of drug-likeness (QED) is 0.926. The predicted octanol–water partition coefficient (Wildman–Crippen LogP) is 2.59. The van der Waals surface area contributed by atoms with Gasteiger partial charge in [-0.2, -0.15) is 0 Å². The van der Waals surface area contributed by atoms with E-state index in [1.165, 1.54) is 0 Å². The van der Waals surface area contributed by atoms with Crippen LogP contribution < -0.4 is 5.32 Å². The Kier molecular flexibility index (Phi) is 7.55. The van der Waals surface area contributed by atoms with Crippen LogP contribution in [0, 0.1) is 0 Å². The lowest BCUT2D eigenvalue weighted by Crippen LogP contribution is -2.33. The van der Waals surface area contributed by atoms with E-state index in [-0.39, 0.29) is 18.3 Å². The zero-order chi connectivity index (χ0) is 12.1. The molecule has 0 aliphatic carbocycles. The zero-order valence-corrected chi connectivity index (χ0v) is 12.0. The number of nitrogens with one attached hydrogen (secondary N) is 1. The molecule has 1 amide bonds. The van der Waals surface area contributed by atoms with Gasteiger partial charge < -0.3 is 10.2 Å². The summed E-state index contributed by atoms with van der Waals surface area (Å²) in [6.07, 6.45) is 0. The van der Waals surface area contributed by atoms with Crippen molar-refractivity contribution in [2.45, 2.75) is 6.54 Å². The van der Waals surface area contributed by atoms with Gasteiger partial charge in [0.15, 0.2) is 0 Å². The normalized spacial score (nSPS) is 9.65. The molecule has 0 saturated heterocycles. The maximum Gasteiger partial charge on any atom is 0.236 e. The molecule has 0 heterocycles. The van der Waals surface area contributed by atoms with E-state index in [1.807, 2.05) is 6.07 Å². The van der Waals surface area contributed by atoms with Gasteiger partial charge in [-0.3, -0.25) is 4.79 Å². The highest BCUT2D eigenvalue weighted by atomic mass is 35.5. The predicted molar refractivity (Wildman–Crippen MR) is 74.1 cm³/mol. The molecule has 0 aliphatic rings. The number of halogens is 3. The van der Waals surface area contributed by atoms with Gasteiger partial charge in [0.2, 0.25) is 5.91 Å². The number of benzene rings is 1. The van der Waals surface area contributed by atoms with Gasteiger partial charge in [0, 0.05) is 13.6 Å². The minimum Gasteiger partial charge on any atom is -0.340 e. The Bertz CT molecular complexity index is 385. The summed E-state index contributed by atoms with van der Waals surface area (Å²) < 4.78 is 0. The zero-order valence-electron chi connectivity index (χ0n) is 9.67. The van der Waals surface area contributed by atoms with E-state index in [4.69, 9.17) is 23.2 Å². The van der Waals surface area contributed by atoms with Crippen LogP contribution in [0.25, 0.3) is 0 Å². The van der Waals surface area contributed by atoms with Crippen molar-refractivity contribution in [1.29, 1.82) is 0 Å². The number of likely N-dealkylation sites (N-methyl/N-ethyl adjacent to an activating group) is 2. The van der Waals surface area contributed by atoms with Gasteiger partial charge in [-0.15, -0.1) is 12.4 Å². The largest absolute Gasteiger partial charge is 0.340 e. The number of hydrogen-bond acceptors (Lipinski definition) is 2. The molecular weight excluding hydrogens is 282 g/mol. The lowest BCUT2D eigenvalue weighted by molar-refractivity contribution is -0.129. The summed E-state index contributed by atoms with van der Waals surface area (Å²) in [5, 5.41) is 3.85. The molecule has 0 fully saturated rings. The van der Waals surface area contributed by atoms with E-state index < -0.39 is 0 Å².